The molecular formula is C18H18O3. The van der Waals surface area contributed by atoms with Crippen molar-refractivity contribution in [3.05, 3.63) is 59.7 Å². The molecule has 0 amide bonds. The first-order valence-corrected chi connectivity index (χ1v) is 6.80. The van der Waals surface area contributed by atoms with Crippen molar-refractivity contribution in [3.8, 4) is 23.3 Å². The predicted molar refractivity (Wildman–Crippen MR) is 82.6 cm³/mol. The van der Waals surface area contributed by atoms with Crippen LogP contribution in [0.15, 0.2) is 48.5 Å². The van der Waals surface area contributed by atoms with Crippen LogP contribution in [0, 0.1) is 18.8 Å². The molecule has 108 valence electrons. The molecule has 0 heterocycles. The molecule has 2 aromatic rings. The third-order valence-electron chi connectivity index (χ3n) is 2.81. The van der Waals surface area contributed by atoms with Gasteiger partial charge in [0.15, 0.2) is 0 Å². The SMILES string of the molecule is Cc1ccc(OCCOc2ccc(C#CCO)cc2)cc1. The summed E-state index contributed by atoms with van der Waals surface area (Å²) in [5, 5.41) is 8.62. The Labute approximate surface area is 125 Å². The Kier molecular flexibility index (Phi) is 5.69. The lowest BCUT2D eigenvalue weighted by molar-refractivity contribution is 0.217. The van der Waals surface area contributed by atoms with Crippen LogP contribution in [0.2, 0.25) is 0 Å². The number of benzene rings is 2. The van der Waals surface area contributed by atoms with Crippen molar-refractivity contribution in [3.63, 3.8) is 0 Å². The zero-order valence-corrected chi connectivity index (χ0v) is 12.0. The molecule has 2 aromatic carbocycles. The molecule has 3 heteroatoms. The molecule has 0 saturated heterocycles. The third-order valence-corrected chi connectivity index (χ3v) is 2.81. The first-order valence-electron chi connectivity index (χ1n) is 6.80. The molecule has 2 rings (SSSR count). The molecule has 0 aromatic heterocycles. The first kappa shape index (κ1) is 15.0. The van der Waals surface area contributed by atoms with Crippen molar-refractivity contribution < 1.29 is 14.6 Å². The second-order valence-electron chi connectivity index (χ2n) is 4.49. The fourth-order valence-electron chi connectivity index (χ4n) is 1.73. The maximum atomic E-state index is 8.62. The Morgan fingerprint density at radius 1 is 0.857 bits per heavy atom. The van der Waals surface area contributed by atoms with Gasteiger partial charge in [0.1, 0.15) is 31.3 Å². The summed E-state index contributed by atoms with van der Waals surface area (Å²) in [5.41, 5.74) is 2.07. The Hall–Kier alpha value is -2.44. The van der Waals surface area contributed by atoms with Crippen molar-refractivity contribution in [2.24, 2.45) is 0 Å². The van der Waals surface area contributed by atoms with Crippen molar-refractivity contribution in [1.29, 1.82) is 0 Å². The first-order chi connectivity index (χ1) is 10.3. The van der Waals surface area contributed by atoms with Crippen molar-refractivity contribution in [1.82, 2.24) is 0 Å². The summed E-state index contributed by atoms with van der Waals surface area (Å²) in [6, 6.07) is 15.4. The van der Waals surface area contributed by atoms with Gasteiger partial charge in [-0.2, -0.15) is 0 Å². The van der Waals surface area contributed by atoms with Gasteiger partial charge in [0.2, 0.25) is 0 Å². The highest BCUT2D eigenvalue weighted by Gasteiger charge is 1.96. The lowest BCUT2D eigenvalue weighted by Gasteiger charge is -2.08. The molecule has 0 aliphatic carbocycles. The van der Waals surface area contributed by atoms with Crippen LogP contribution in [0.25, 0.3) is 0 Å². The van der Waals surface area contributed by atoms with E-state index in [2.05, 4.69) is 11.8 Å². The fourth-order valence-corrected chi connectivity index (χ4v) is 1.73. The average Bonchev–Trinajstić information content (AvgIpc) is 2.52. The summed E-state index contributed by atoms with van der Waals surface area (Å²) >= 11 is 0. The molecule has 0 atom stereocenters. The highest BCUT2D eigenvalue weighted by Crippen LogP contribution is 2.13. The van der Waals surface area contributed by atoms with E-state index in [0.29, 0.717) is 13.2 Å². The summed E-state index contributed by atoms with van der Waals surface area (Å²) in [6.45, 7) is 2.89. The minimum atomic E-state index is -0.130. The van der Waals surface area contributed by atoms with Crippen LogP contribution in [-0.2, 0) is 0 Å². The van der Waals surface area contributed by atoms with E-state index in [1.165, 1.54) is 5.56 Å². The predicted octanol–water partition coefficient (Wildman–Crippen LogP) is 2.80. The van der Waals surface area contributed by atoms with Crippen LogP contribution < -0.4 is 9.47 Å². The van der Waals surface area contributed by atoms with Crippen LogP contribution in [0.1, 0.15) is 11.1 Å². The molecule has 0 aliphatic heterocycles. The van der Waals surface area contributed by atoms with E-state index >= 15 is 0 Å². The van der Waals surface area contributed by atoms with Gasteiger partial charge in [0.25, 0.3) is 0 Å². The Morgan fingerprint density at radius 2 is 1.38 bits per heavy atom. The Balaban J connectivity index is 1.74. The second kappa shape index (κ2) is 7.98. The molecule has 0 unspecified atom stereocenters. The van der Waals surface area contributed by atoms with Gasteiger partial charge >= 0.3 is 0 Å². The van der Waals surface area contributed by atoms with Crippen molar-refractivity contribution >= 4 is 0 Å². The largest absolute Gasteiger partial charge is 0.490 e. The summed E-state index contributed by atoms with van der Waals surface area (Å²) in [5.74, 6) is 7.06. The van der Waals surface area contributed by atoms with E-state index in [1.54, 1.807) is 0 Å². The number of aryl methyl sites for hydroxylation is 1. The molecule has 0 fully saturated rings. The normalized spacial score (nSPS) is 9.62. The number of hydrogen-bond acceptors (Lipinski definition) is 3. The maximum Gasteiger partial charge on any atom is 0.122 e. The second-order valence-corrected chi connectivity index (χ2v) is 4.49. The molecule has 0 aliphatic rings. The molecule has 3 nitrogen and oxygen atoms in total. The number of ether oxygens (including phenoxy) is 2. The molecular weight excluding hydrogens is 264 g/mol. The maximum absolute atomic E-state index is 8.62. The van der Waals surface area contributed by atoms with Gasteiger partial charge in [0, 0.05) is 5.56 Å². The van der Waals surface area contributed by atoms with E-state index in [4.69, 9.17) is 14.6 Å². The zero-order chi connectivity index (χ0) is 14.9. The van der Waals surface area contributed by atoms with E-state index in [0.717, 1.165) is 17.1 Å². The van der Waals surface area contributed by atoms with E-state index in [1.807, 2.05) is 55.5 Å². The highest BCUT2D eigenvalue weighted by molar-refractivity contribution is 5.38. The topological polar surface area (TPSA) is 38.7 Å². The minimum absolute atomic E-state index is 0.130. The lowest BCUT2D eigenvalue weighted by Crippen LogP contribution is -2.08. The van der Waals surface area contributed by atoms with Crippen molar-refractivity contribution in [2.45, 2.75) is 6.92 Å². The van der Waals surface area contributed by atoms with Gasteiger partial charge in [0.05, 0.1) is 0 Å². The molecule has 0 spiro atoms. The molecule has 1 N–H and O–H groups in total. The molecule has 0 saturated carbocycles. The Bertz CT molecular complexity index is 604. The van der Waals surface area contributed by atoms with Crippen molar-refractivity contribution in [2.75, 3.05) is 19.8 Å². The van der Waals surface area contributed by atoms with Gasteiger partial charge in [-0.1, -0.05) is 29.5 Å². The number of aliphatic hydroxyl groups excluding tert-OH is 1. The minimum Gasteiger partial charge on any atom is -0.490 e. The van der Waals surface area contributed by atoms with Gasteiger partial charge in [-0.05, 0) is 43.3 Å². The summed E-state index contributed by atoms with van der Waals surface area (Å²) in [4.78, 5) is 0. The quantitative estimate of drug-likeness (QED) is 0.677. The molecule has 0 bridgehead atoms. The van der Waals surface area contributed by atoms with Gasteiger partial charge in [-0.3, -0.25) is 0 Å². The highest BCUT2D eigenvalue weighted by atomic mass is 16.5. The van der Waals surface area contributed by atoms with E-state index in [9.17, 15) is 0 Å². The number of hydrogen-bond donors (Lipinski definition) is 1. The summed E-state index contributed by atoms with van der Waals surface area (Å²) in [7, 11) is 0. The van der Waals surface area contributed by atoms with E-state index in [-0.39, 0.29) is 6.61 Å². The monoisotopic (exact) mass is 282 g/mol. The molecule has 21 heavy (non-hydrogen) atoms. The van der Waals surface area contributed by atoms with Crippen LogP contribution in [0.4, 0.5) is 0 Å². The van der Waals surface area contributed by atoms with Crippen LogP contribution >= 0.6 is 0 Å². The standard InChI is InChI=1S/C18H18O3/c1-15-4-8-17(9-5-15)20-13-14-21-18-10-6-16(7-11-18)3-2-12-19/h4-11,19H,12-14H2,1H3. The lowest BCUT2D eigenvalue weighted by atomic mass is 10.2. The summed E-state index contributed by atoms with van der Waals surface area (Å²) < 4.78 is 11.2. The number of aliphatic hydroxyl groups is 1. The smallest absolute Gasteiger partial charge is 0.122 e. The summed E-state index contributed by atoms with van der Waals surface area (Å²) in [6.07, 6.45) is 0. The van der Waals surface area contributed by atoms with E-state index < -0.39 is 0 Å². The molecule has 0 radical (unpaired) electrons. The fraction of sp³-hybridized carbons (Fsp3) is 0.222. The van der Waals surface area contributed by atoms with Crippen LogP contribution in [-0.4, -0.2) is 24.9 Å². The Morgan fingerprint density at radius 3 is 1.90 bits per heavy atom. The average molecular weight is 282 g/mol. The third kappa shape index (κ3) is 5.21. The van der Waals surface area contributed by atoms with Crippen LogP contribution in [0.3, 0.4) is 0 Å². The van der Waals surface area contributed by atoms with Crippen LogP contribution in [0.5, 0.6) is 11.5 Å². The zero-order valence-electron chi connectivity index (χ0n) is 12.0. The number of rotatable bonds is 5. The van der Waals surface area contributed by atoms with Gasteiger partial charge < -0.3 is 14.6 Å². The van der Waals surface area contributed by atoms with Gasteiger partial charge in [-0.15, -0.1) is 0 Å². The van der Waals surface area contributed by atoms with Gasteiger partial charge in [-0.25, -0.2) is 0 Å².